The minimum absolute atomic E-state index is 0.00209. The fourth-order valence-electron chi connectivity index (χ4n) is 3.16. The van der Waals surface area contributed by atoms with Crippen molar-refractivity contribution in [2.45, 2.75) is 32.6 Å². The van der Waals surface area contributed by atoms with Crippen LogP contribution >= 0.6 is 0 Å². The summed E-state index contributed by atoms with van der Waals surface area (Å²) in [5.41, 5.74) is -0.268. The number of aliphatic hydroxyl groups excluding tert-OH is 1. The Bertz CT molecular complexity index is 372. The van der Waals surface area contributed by atoms with Gasteiger partial charge in [0.25, 0.3) is 0 Å². The summed E-state index contributed by atoms with van der Waals surface area (Å²) in [5, 5.41) is 14.8. The van der Waals surface area contributed by atoms with Gasteiger partial charge in [0.1, 0.15) is 0 Å². The van der Waals surface area contributed by atoms with E-state index < -0.39 is 0 Å². The number of carbonyl (C=O) groups excluding carboxylic acids is 2. The summed E-state index contributed by atoms with van der Waals surface area (Å²) in [4.78, 5) is 26.5. The van der Waals surface area contributed by atoms with E-state index in [9.17, 15) is 9.59 Å². The van der Waals surface area contributed by atoms with Gasteiger partial charge in [-0.1, -0.05) is 0 Å². The van der Waals surface area contributed by atoms with Gasteiger partial charge in [0.2, 0.25) is 11.8 Å². The number of hydrogen-bond acceptors (Lipinski definition) is 4. The highest BCUT2D eigenvalue weighted by Crippen LogP contribution is 2.29. The predicted molar refractivity (Wildman–Crippen MR) is 79.6 cm³/mol. The molecule has 0 spiro atoms. The molecule has 1 atom stereocenters. The van der Waals surface area contributed by atoms with Crippen molar-refractivity contribution < 1.29 is 14.7 Å². The second-order valence-corrected chi connectivity index (χ2v) is 6.42. The van der Waals surface area contributed by atoms with Crippen LogP contribution in [0, 0.1) is 11.3 Å². The molecule has 2 fully saturated rings. The Hall–Kier alpha value is -1.14. The lowest BCUT2D eigenvalue weighted by Gasteiger charge is -2.36. The van der Waals surface area contributed by atoms with Crippen molar-refractivity contribution in [3.63, 3.8) is 0 Å². The number of piperidine rings is 1. The topological polar surface area (TPSA) is 81.7 Å². The van der Waals surface area contributed by atoms with E-state index in [0.29, 0.717) is 26.1 Å². The molecule has 0 radical (unpaired) electrons. The lowest BCUT2D eigenvalue weighted by molar-refractivity contribution is -0.143. The molecule has 0 aromatic rings. The lowest BCUT2D eigenvalue weighted by Crippen LogP contribution is -2.48. The second-order valence-electron chi connectivity index (χ2n) is 6.42. The van der Waals surface area contributed by atoms with Crippen molar-refractivity contribution in [2.75, 3.05) is 39.3 Å². The van der Waals surface area contributed by atoms with Crippen LogP contribution in [0.5, 0.6) is 0 Å². The monoisotopic (exact) mass is 297 g/mol. The van der Waals surface area contributed by atoms with Gasteiger partial charge in [0.05, 0.1) is 5.41 Å². The molecular weight excluding hydrogens is 270 g/mol. The van der Waals surface area contributed by atoms with Crippen LogP contribution in [0.4, 0.5) is 0 Å². The first-order valence-corrected chi connectivity index (χ1v) is 7.95. The average molecular weight is 297 g/mol. The lowest BCUT2D eigenvalue weighted by atomic mass is 9.86. The van der Waals surface area contributed by atoms with Crippen molar-refractivity contribution in [3.05, 3.63) is 0 Å². The summed E-state index contributed by atoms with van der Waals surface area (Å²) in [6.07, 6.45) is 2.96. The van der Waals surface area contributed by atoms with E-state index in [1.807, 2.05) is 11.8 Å². The van der Waals surface area contributed by atoms with Crippen LogP contribution in [-0.2, 0) is 9.59 Å². The highest BCUT2D eigenvalue weighted by molar-refractivity contribution is 5.84. The van der Waals surface area contributed by atoms with Gasteiger partial charge in [-0.2, -0.15) is 0 Å². The number of hydrogen-bond donors (Lipinski definition) is 3. The molecule has 0 aliphatic carbocycles. The minimum Gasteiger partial charge on any atom is -0.396 e. The van der Waals surface area contributed by atoms with E-state index in [4.69, 9.17) is 5.11 Å². The normalized spacial score (nSPS) is 26.9. The molecule has 6 nitrogen and oxygen atoms in total. The first kappa shape index (κ1) is 16.2. The molecule has 3 N–H and O–H groups in total. The van der Waals surface area contributed by atoms with Gasteiger partial charge in [-0.25, -0.2) is 0 Å². The molecule has 0 saturated carbocycles. The third-order valence-electron chi connectivity index (χ3n) is 4.67. The molecule has 2 saturated heterocycles. The fourth-order valence-corrected chi connectivity index (χ4v) is 3.16. The molecule has 2 aliphatic rings. The average Bonchev–Trinajstić information content (AvgIpc) is 2.95. The van der Waals surface area contributed by atoms with Crippen molar-refractivity contribution >= 4 is 11.8 Å². The summed E-state index contributed by atoms with van der Waals surface area (Å²) < 4.78 is 0. The van der Waals surface area contributed by atoms with Crippen LogP contribution in [0.15, 0.2) is 0 Å². The summed E-state index contributed by atoms with van der Waals surface area (Å²) >= 11 is 0. The number of amides is 2. The maximum absolute atomic E-state index is 12.6. The molecule has 2 aliphatic heterocycles. The van der Waals surface area contributed by atoms with Gasteiger partial charge in [0.15, 0.2) is 0 Å². The van der Waals surface area contributed by atoms with Crippen LogP contribution in [0.3, 0.4) is 0 Å². The van der Waals surface area contributed by atoms with Crippen LogP contribution in [0.2, 0.25) is 0 Å². The van der Waals surface area contributed by atoms with Crippen LogP contribution in [0.1, 0.15) is 32.6 Å². The summed E-state index contributed by atoms with van der Waals surface area (Å²) in [7, 11) is 0. The Morgan fingerprint density at radius 2 is 2.10 bits per heavy atom. The minimum atomic E-state index is -0.268. The molecule has 0 bridgehead atoms. The number of nitrogens with one attached hydrogen (secondary N) is 2. The summed E-state index contributed by atoms with van der Waals surface area (Å²) in [6, 6.07) is 0. The summed E-state index contributed by atoms with van der Waals surface area (Å²) in [6.45, 7) is 5.67. The first-order chi connectivity index (χ1) is 10.1. The van der Waals surface area contributed by atoms with Gasteiger partial charge in [0, 0.05) is 38.7 Å². The molecule has 21 heavy (non-hydrogen) atoms. The molecular formula is C15H27N3O3. The van der Waals surface area contributed by atoms with Gasteiger partial charge in [-0.3, -0.25) is 9.59 Å². The Morgan fingerprint density at radius 1 is 1.38 bits per heavy atom. The maximum Gasteiger partial charge on any atom is 0.229 e. The van der Waals surface area contributed by atoms with Gasteiger partial charge in [-0.05, 0) is 39.2 Å². The van der Waals surface area contributed by atoms with Crippen LogP contribution in [-0.4, -0.2) is 61.2 Å². The second kappa shape index (κ2) is 7.22. The Labute approximate surface area is 126 Å². The van der Waals surface area contributed by atoms with Crippen molar-refractivity contribution in [1.29, 1.82) is 0 Å². The Kier molecular flexibility index (Phi) is 5.58. The van der Waals surface area contributed by atoms with Crippen molar-refractivity contribution in [1.82, 2.24) is 15.5 Å². The number of likely N-dealkylation sites (tertiary alicyclic amines) is 1. The van der Waals surface area contributed by atoms with Crippen LogP contribution in [0.25, 0.3) is 0 Å². The Morgan fingerprint density at radius 3 is 2.67 bits per heavy atom. The van der Waals surface area contributed by atoms with E-state index >= 15 is 0 Å². The molecule has 2 heterocycles. The van der Waals surface area contributed by atoms with Crippen LogP contribution < -0.4 is 10.6 Å². The third kappa shape index (κ3) is 3.95. The molecule has 0 aromatic carbocycles. The Balaban J connectivity index is 1.77. The first-order valence-electron chi connectivity index (χ1n) is 7.95. The van der Waals surface area contributed by atoms with Gasteiger partial charge >= 0.3 is 0 Å². The van der Waals surface area contributed by atoms with Gasteiger partial charge < -0.3 is 20.6 Å². The zero-order valence-corrected chi connectivity index (χ0v) is 12.9. The molecule has 120 valence electrons. The zero-order valence-electron chi connectivity index (χ0n) is 12.9. The molecule has 2 rings (SSSR count). The van der Waals surface area contributed by atoms with E-state index in [1.54, 1.807) is 0 Å². The number of nitrogens with zero attached hydrogens (tertiary/aromatic N) is 1. The highest BCUT2D eigenvalue weighted by Gasteiger charge is 2.40. The van der Waals surface area contributed by atoms with Gasteiger partial charge in [-0.15, -0.1) is 0 Å². The molecule has 6 heteroatoms. The molecule has 2 amide bonds. The molecule has 0 aromatic heterocycles. The van der Waals surface area contributed by atoms with Crippen molar-refractivity contribution in [2.24, 2.45) is 11.3 Å². The quantitative estimate of drug-likeness (QED) is 0.610. The highest BCUT2D eigenvalue weighted by atomic mass is 16.3. The number of carbonyl (C=O) groups is 2. The summed E-state index contributed by atoms with van der Waals surface area (Å²) in [5.74, 6) is 0.290. The smallest absolute Gasteiger partial charge is 0.229 e. The standard InChI is InChI=1S/C15H27N3O3/c1-15(5-7-16-11-15)14(21)18-8-3-12(4-9-18)13(20)17-6-2-10-19/h12,16,19H,2-11H2,1H3,(H,17,20). The van der Waals surface area contributed by atoms with E-state index in [2.05, 4.69) is 10.6 Å². The SMILES string of the molecule is CC1(C(=O)N2CCC(C(=O)NCCCO)CC2)CCNC1. The van der Waals surface area contributed by atoms with E-state index in [0.717, 1.165) is 32.4 Å². The largest absolute Gasteiger partial charge is 0.396 e. The molecule has 1 unspecified atom stereocenters. The predicted octanol–water partition coefficient (Wildman–Crippen LogP) is -0.277. The van der Waals surface area contributed by atoms with Crippen molar-refractivity contribution in [3.8, 4) is 0 Å². The van der Waals surface area contributed by atoms with E-state index in [1.165, 1.54) is 0 Å². The number of rotatable bonds is 5. The zero-order chi connectivity index (χ0) is 15.3. The number of aliphatic hydroxyl groups is 1. The maximum atomic E-state index is 12.6. The third-order valence-corrected chi connectivity index (χ3v) is 4.67. The van der Waals surface area contributed by atoms with E-state index in [-0.39, 0.29) is 29.8 Å². The fraction of sp³-hybridized carbons (Fsp3) is 0.867.